The predicted octanol–water partition coefficient (Wildman–Crippen LogP) is 3.38. The molecule has 5 nitrogen and oxygen atoms in total. The van der Waals surface area contributed by atoms with Gasteiger partial charge in [0.15, 0.2) is 0 Å². The van der Waals surface area contributed by atoms with Crippen LogP contribution in [0.4, 0.5) is 0 Å². The molecule has 0 aliphatic carbocycles. The van der Waals surface area contributed by atoms with E-state index in [-0.39, 0.29) is 25.6 Å². The summed E-state index contributed by atoms with van der Waals surface area (Å²) in [5, 5.41) is 0. The summed E-state index contributed by atoms with van der Waals surface area (Å²) < 4.78 is 16.0. The second-order valence-corrected chi connectivity index (χ2v) is 6.26. The maximum atomic E-state index is 11.7. The zero-order chi connectivity index (χ0) is 17.8. The maximum Gasteiger partial charge on any atom is 0.337 e. The van der Waals surface area contributed by atoms with E-state index in [1.165, 1.54) is 12.7 Å². The lowest BCUT2D eigenvalue weighted by Gasteiger charge is -2.22. The van der Waals surface area contributed by atoms with Crippen molar-refractivity contribution in [1.82, 2.24) is 4.90 Å². The Kier molecular flexibility index (Phi) is 6.94. The maximum absolute atomic E-state index is 11.7. The molecule has 0 amide bonds. The molecule has 0 spiro atoms. The SMILES string of the molecule is COC(=O)c1ccc2c(c1)O[C@@H](C)CN(Cc1ccc(OC)cc1)C2.S. The van der Waals surface area contributed by atoms with Gasteiger partial charge in [-0.25, -0.2) is 4.79 Å². The van der Waals surface area contributed by atoms with Gasteiger partial charge >= 0.3 is 5.97 Å². The van der Waals surface area contributed by atoms with Gasteiger partial charge in [0.1, 0.15) is 17.6 Å². The minimum atomic E-state index is -0.349. The Labute approximate surface area is 161 Å². The van der Waals surface area contributed by atoms with Crippen molar-refractivity contribution in [1.29, 1.82) is 0 Å². The summed E-state index contributed by atoms with van der Waals surface area (Å²) in [4.78, 5) is 14.1. The van der Waals surface area contributed by atoms with Crippen LogP contribution in [0.1, 0.15) is 28.4 Å². The fourth-order valence-corrected chi connectivity index (χ4v) is 3.07. The minimum Gasteiger partial charge on any atom is -0.497 e. The van der Waals surface area contributed by atoms with Crippen molar-refractivity contribution in [3.63, 3.8) is 0 Å². The van der Waals surface area contributed by atoms with E-state index in [0.717, 1.165) is 36.7 Å². The van der Waals surface area contributed by atoms with Crippen molar-refractivity contribution in [2.75, 3.05) is 20.8 Å². The number of hydrogen-bond donors (Lipinski definition) is 0. The molecule has 1 aliphatic rings. The first-order valence-electron chi connectivity index (χ1n) is 8.32. The Morgan fingerprint density at radius 3 is 2.58 bits per heavy atom. The highest BCUT2D eigenvalue weighted by molar-refractivity contribution is 7.59. The smallest absolute Gasteiger partial charge is 0.337 e. The summed E-state index contributed by atoms with van der Waals surface area (Å²) in [6.07, 6.45) is 0.0346. The Morgan fingerprint density at radius 1 is 1.19 bits per heavy atom. The number of esters is 1. The topological polar surface area (TPSA) is 48.0 Å². The van der Waals surface area contributed by atoms with E-state index >= 15 is 0 Å². The molecule has 0 unspecified atom stereocenters. The van der Waals surface area contributed by atoms with Gasteiger partial charge in [-0.05, 0) is 36.8 Å². The van der Waals surface area contributed by atoms with Gasteiger partial charge in [-0.3, -0.25) is 4.90 Å². The van der Waals surface area contributed by atoms with Gasteiger partial charge in [0.05, 0.1) is 19.8 Å². The van der Waals surface area contributed by atoms with Crippen molar-refractivity contribution < 1.29 is 19.0 Å². The number of hydrogen-bond acceptors (Lipinski definition) is 5. The molecule has 1 atom stereocenters. The average molecular weight is 375 g/mol. The third-order valence-electron chi connectivity index (χ3n) is 4.29. The molecule has 2 aromatic rings. The first-order valence-corrected chi connectivity index (χ1v) is 8.32. The summed E-state index contributed by atoms with van der Waals surface area (Å²) in [5.74, 6) is 1.27. The van der Waals surface area contributed by atoms with Crippen LogP contribution in [0.2, 0.25) is 0 Å². The van der Waals surface area contributed by atoms with Crippen LogP contribution in [0, 0.1) is 0 Å². The fraction of sp³-hybridized carbons (Fsp3) is 0.350. The highest BCUT2D eigenvalue weighted by atomic mass is 32.1. The van der Waals surface area contributed by atoms with Crippen molar-refractivity contribution in [2.24, 2.45) is 0 Å². The average Bonchev–Trinajstić information content (AvgIpc) is 2.78. The van der Waals surface area contributed by atoms with Crippen LogP contribution in [0.15, 0.2) is 42.5 Å². The Morgan fingerprint density at radius 2 is 1.92 bits per heavy atom. The van der Waals surface area contributed by atoms with Crippen LogP contribution in [0.25, 0.3) is 0 Å². The van der Waals surface area contributed by atoms with Crippen molar-refractivity contribution in [3.05, 3.63) is 59.2 Å². The normalized spacial score (nSPS) is 16.5. The number of nitrogens with zero attached hydrogens (tertiary/aromatic N) is 1. The molecule has 1 aliphatic heterocycles. The lowest BCUT2D eigenvalue weighted by Crippen LogP contribution is -2.30. The molecule has 1 heterocycles. The number of benzene rings is 2. The summed E-state index contributed by atoms with van der Waals surface area (Å²) >= 11 is 0. The first-order chi connectivity index (χ1) is 12.1. The van der Waals surface area contributed by atoms with Gasteiger partial charge in [-0.2, -0.15) is 13.5 Å². The third kappa shape index (κ3) is 4.71. The molecule has 26 heavy (non-hydrogen) atoms. The molecular formula is C20H25NO4S. The number of ether oxygens (including phenoxy) is 3. The van der Waals surface area contributed by atoms with Gasteiger partial charge < -0.3 is 14.2 Å². The van der Waals surface area contributed by atoms with Crippen molar-refractivity contribution >= 4 is 19.5 Å². The zero-order valence-electron chi connectivity index (χ0n) is 15.3. The van der Waals surface area contributed by atoms with E-state index in [0.29, 0.717) is 5.56 Å². The largest absolute Gasteiger partial charge is 0.497 e. The third-order valence-corrected chi connectivity index (χ3v) is 4.29. The number of fused-ring (bicyclic) bond motifs is 1. The van der Waals surface area contributed by atoms with Crippen LogP contribution in [0.3, 0.4) is 0 Å². The van der Waals surface area contributed by atoms with Gasteiger partial charge in [-0.15, -0.1) is 0 Å². The molecule has 0 saturated heterocycles. The molecule has 0 radical (unpaired) electrons. The van der Waals surface area contributed by atoms with E-state index in [2.05, 4.69) is 17.0 Å². The molecule has 6 heteroatoms. The molecule has 0 aromatic heterocycles. The monoisotopic (exact) mass is 375 g/mol. The van der Waals surface area contributed by atoms with Crippen LogP contribution >= 0.6 is 13.5 Å². The lowest BCUT2D eigenvalue weighted by molar-refractivity contribution is 0.0600. The second-order valence-electron chi connectivity index (χ2n) is 6.26. The predicted molar refractivity (Wildman–Crippen MR) is 105 cm³/mol. The number of carbonyl (C=O) groups excluding carboxylic acids is 1. The second kappa shape index (κ2) is 8.96. The Bertz CT molecular complexity index is 748. The summed E-state index contributed by atoms with van der Waals surface area (Å²) in [5.41, 5.74) is 2.81. The quantitative estimate of drug-likeness (QED) is 0.767. The lowest BCUT2D eigenvalue weighted by atomic mass is 10.1. The van der Waals surface area contributed by atoms with E-state index < -0.39 is 0 Å². The Balaban J connectivity index is 0.00000243. The summed E-state index contributed by atoms with van der Waals surface area (Å²) in [6.45, 7) is 4.46. The first kappa shape index (κ1) is 20.1. The number of methoxy groups -OCH3 is 2. The van der Waals surface area contributed by atoms with Crippen LogP contribution in [-0.2, 0) is 17.8 Å². The molecule has 0 bridgehead atoms. The molecule has 140 valence electrons. The van der Waals surface area contributed by atoms with E-state index in [1.807, 2.05) is 25.1 Å². The summed E-state index contributed by atoms with van der Waals surface area (Å²) in [6, 6.07) is 13.6. The molecule has 0 saturated carbocycles. The van der Waals surface area contributed by atoms with Crippen LogP contribution in [-0.4, -0.2) is 37.7 Å². The van der Waals surface area contributed by atoms with Crippen molar-refractivity contribution in [2.45, 2.75) is 26.1 Å². The van der Waals surface area contributed by atoms with Gasteiger partial charge in [0.25, 0.3) is 0 Å². The minimum absolute atomic E-state index is 0. The highest BCUT2D eigenvalue weighted by Gasteiger charge is 2.21. The zero-order valence-corrected chi connectivity index (χ0v) is 16.3. The van der Waals surface area contributed by atoms with E-state index in [9.17, 15) is 4.79 Å². The molecule has 0 N–H and O–H groups in total. The van der Waals surface area contributed by atoms with Gasteiger partial charge in [-0.1, -0.05) is 18.2 Å². The van der Waals surface area contributed by atoms with E-state index in [1.54, 1.807) is 19.2 Å². The van der Waals surface area contributed by atoms with Gasteiger partial charge in [0.2, 0.25) is 0 Å². The molecule has 0 fully saturated rings. The number of rotatable bonds is 4. The highest BCUT2D eigenvalue weighted by Crippen LogP contribution is 2.28. The Hall–Kier alpha value is -2.18. The number of carbonyl (C=O) groups is 1. The van der Waals surface area contributed by atoms with Crippen LogP contribution in [0.5, 0.6) is 11.5 Å². The molecular weight excluding hydrogens is 350 g/mol. The standard InChI is InChI=1S/C20H23NO4.H2S/c1-14-11-21(12-15-4-8-18(23-2)9-5-15)13-17-7-6-16(20(22)24-3)10-19(17)25-14;/h4-10,14H,11-13H2,1-3H3;1H2/t14-;/m0./s1. The van der Waals surface area contributed by atoms with Crippen molar-refractivity contribution in [3.8, 4) is 11.5 Å². The van der Waals surface area contributed by atoms with E-state index in [4.69, 9.17) is 14.2 Å². The molecule has 3 rings (SSSR count). The van der Waals surface area contributed by atoms with Crippen LogP contribution < -0.4 is 9.47 Å². The fourth-order valence-electron chi connectivity index (χ4n) is 3.07. The van der Waals surface area contributed by atoms with Gasteiger partial charge in [0, 0.05) is 25.2 Å². The summed E-state index contributed by atoms with van der Waals surface area (Å²) in [7, 11) is 3.05. The molecule has 2 aromatic carbocycles.